The SMILES string of the molecule is COc1nccc(NCc2c3c(nn2CCC2CC2)C[C@]2(CCc4cc(OCC(F)(F)F)ccc42)NC3=O)n1. The van der Waals surface area contributed by atoms with Crippen LogP contribution in [0.1, 0.15) is 58.6 Å². The molecule has 1 saturated carbocycles. The van der Waals surface area contributed by atoms with E-state index in [9.17, 15) is 18.0 Å². The molecule has 1 aliphatic heterocycles. The monoisotopic (exact) mass is 542 g/mol. The minimum absolute atomic E-state index is 0.171. The largest absolute Gasteiger partial charge is 0.484 e. The molecule has 1 atom stereocenters. The molecule has 1 aromatic carbocycles. The van der Waals surface area contributed by atoms with E-state index in [1.165, 1.54) is 20.0 Å². The van der Waals surface area contributed by atoms with Crippen molar-refractivity contribution in [3.63, 3.8) is 0 Å². The first kappa shape index (κ1) is 25.4. The third-order valence-corrected chi connectivity index (χ3v) is 7.69. The van der Waals surface area contributed by atoms with Crippen molar-refractivity contribution in [3.05, 3.63) is 58.5 Å². The van der Waals surface area contributed by atoms with Crippen molar-refractivity contribution in [1.82, 2.24) is 25.1 Å². The average Bonchev–Trinajstić information content (AvgIpc) is 3.59. The lowest BCUT2D eigenvalue weighted by Crippen LogP contribution is -2.50. The molecular weight excluding hydrogens is 513 g/mol. The van der Waals surface area contributed by atoms with Gasteiger partial charge in [0.05, 0.1) is 36.1 Å². The number of aromatic nitrogens is 4. The fourth-order valence-electron chi connectivity index (χ4n) is 5.63. The lowest BCUT2D eigenvalue weighted by Gasteiger charge is -2.35. The Bertz CT molecular complexity index is 1400. The van der Waals surface area contributed by atoms with Gasteiger partial charge in [-0.05, 0) is 54.5 Å². The maximum atomic E-state index is 13.6. The van der Waals surface area contributed by atoms with Crippen LogP contribution in [0.3, 0.4) is 0 Å². The molecule has 1 fully saturated rings. The number of nitrogens with zero attached hydrogens (tertiary/aromatic N) is 4. The maximum Gasteiger partial charge on any atom is 0.422 e. The van der Waals surface area contributed by atoms with Crippen molar-refractivity contribution in [3.8, 4) is 11.8 Å². The van der Waals surface area contributed by atoms with Crippen molar-refractivity contribution >= 4 is 11.7 Å². The molecule has 1 spiro atoms. The van der Waals surface area contributed by atoms with Gasteiger partial charge in [0.2, 0.25) is 0 Å². The number of hydrogen-bond acceptors (Lipinski definition) is 7. The first-order valence-electron chi connectivity index (χ1n) is 13.1. The number of halogens is 3. The van der Waals surface area contributed by atoms with Crippen molar-refractivity contribution < 1.29 is 27.4 Å². The number of benzene rings is 1. The van der Waals surface area contributed by atoms with E-state index in [4.69, 9.17) is 14.6 Å². The maximum absolute atomic E-state index is 13.6. The van der Waals surface area contributed by atoms with E-state index in [-0.39, 0.29) is 17.7 Å². The van der Waals surface area contributed by atoms with Crippen LogP contribution < -0.4 is 20.1 Å². The van der Waals surface area contributed by atoms with Crippen LogP contribution in [-0.2, 0) is 31.5 Å². The molecule has 206 valence electrons. The lowest BCUT2D eigenvalue weighted by molar-refractivity contribution is -0.153. The van der Waals surface area contributed by atoms with E-state index in [1.807, 2.05) is 4.68 Å². The van der Waals surface area contributed by atoms with Crippen LogP contribution in [0.4, 0.5) is 19.0 Å². The number of methoxy groups -OCH3 is 1. The molecule has 0 radical (unpaired) electrons. The highest BCUT2D eigenvalue weighted by Crippen LogP contribution is 2.44. The molecule has 3 aliphatic rings. The highest BCUT2D eigenvalue weighted by molar-refractivity contribution is 5.98. The topological polar surface area (TPSA) is 103 Å². The smallest absolute Gasteiger partial charge is 0.422 e. The van der Waals surface area contributed by atoms with Crippen LogP contribution in [0.25, 0.3) is 0 Å². The first-order valence-corrected chi connectivity index (χ1v) is 13.1. The Morgan fingerprint density at radius 2 is 2.10 bits per heavy atom. The summed E-state index contributed by atoms with van der Waals surface area (Å²) in [7, 11) is 1.50. The second-order valence-electron chi connectivity index (χ2n) is 10.4. The first-order chi connectivity index (χ1) is 18.7. The predicted octanol–water partition coefficient (Wildman–Crippen LogP) is 4.16. The van der Waals surface area contributed by atoms with Crippen molar-refractivity contribution in [2.24, 2.45) is 5.92 Å². The zero-order chi connectivity index (χ0) is 27.2. The van der Waals surface area contributed by atoms with E-state index < -0.39 is 18.3 Å². The summed E-state index contributed by atoms with van der Waals surface area (Å²) in [4.78, 5) is 22.0. The van der Waals surface area contributed by atoms with Crippen LogP contribution >= 0.6 is 0 Å². The van der Waals surface area contributed by atoms with Gasteiger partial charge in [-0.15, -0.1) is 0 Å². The second-order valence-corrected chi connectivity index (χ2v) is 10.4. The van der Waals surface area contributed by atoms with Crippen LogP contribution in [0.15, 0.2) is 30.5 Å². The summed E-state index contributed by atoms with van der Waals surface area (Å²) in [5.41, 5.74) is 3.24. The van der Waals surface area contributed by atoms with Gasteiger partial charge in [0.1, 0.15) is 11.6 Å². The summed E-state index contributed by atoms with van der Waals surface area (Å²) in [6.07, 6.45) is 2.43. The Morgan fingerprint density at radius 3 is 2.87 bits per heavy atom. The van der Waals surface area contributed by atoms with Crippen LogP contribution in [-0.4, -0.2) is 45.5 Å². The highest BCUT2D eigenvalue weighted by atomic mass is 19.4. The summed E-state index contributed by atoms with van der Waals surface area (Å²) in [5.74, 6) is 1.25. The number of hydrogen-bond donors (Lipinski definition) is 2. The molecule has 3 aromatic rings. The third kappa shape index (κ3) is 5.24. The molecule has 2 aromatic heterocycles. The summed E-state index contributed by atoms with van der Waals surface area (Å²) in [6.45, 7) is -0.267. The van der Waals surface area contributed by atoms with Crippen molar-refractivity contribution in [1.29, 1.82) is 0 Å². The van der Waals surface area contributed by atoms with Gasteiger partial charge in [-0.2, -0.15) is 23.3 Å². The van der Waals surface area contributed by atoms with Gasteiger partial charge < -0.3 is 20.1 Å². The lowest BCUT2D eigenvalue weighted by atomic mass is 9.82. The number of alkyl halides is 3. The van der Waals surface area contributed by atoms with E-state index >= 15 is 0 Å². The zero-order valence-corrected chi connectivity index (χ0v) is 21.5. The minimum atomic E-state index is -4.40. The summed E-state index contributed by atoms with van der Waals surface area (Å²) in [6, 6.07) is 6.94. The van der Waals surface area contributed by atoms with Crippen molar-refractivity contribution in [2.45, 2.75) is 63.3 Å². The molecule has 39 heavy (non-hydrogen) atoms. The van der Waals surface area contributed by atoms with Gasteiger partial charge in [-0.25, -0.2) is 4.98 Å². The number of nitrogens with one attached hydrogen (secondary N) is 2. The number of fused-ring (bicyclic) bond motifs is 3. The number of carbonyl (C=O) groups is 1. The Morgan fingerprint density at radius 1 is 1.26 bits per heavy atom. The van der Waals surface area contributed by atoms with Crippen LogP contribution in [0.2, 0.25) is 0 Å². The van der Waals surface area contributed by atoms with E-state index in [0.717, 1.165) is 35.5 Å². The van der Waals surface area contributed by atoms with Crippen molar-refractivity contribution in [2.75, 3.05) is 19.0 Å². The minimum Gasteiger partial charge on any atom is -0.484 e. The molecule has 3 heterocycles. The van der Waals surface area contributed by atoms with Gasteiger partial charge in [-0.1, -0.05) is 18.9 Å². The quantitative estimate of drug-likeness (QED) is 0.419. The summed E-state index contributed by atoms with van der Waals surface area (Å²) >= 11 is 0. The number of anilines is 1. The molecule has 12 heteroatoms. The molecule has 9 nitrogen and oxygen atoms in total. The molecule has 2 aliphatic carbocycles. The van der Waals surface area contributed by atoms with E-state index in [2.05, 4.69) is 20.6 Å². The van der Waals surface area contributed by atoms with Gasteiger partial charge >= 0.3 is 12.2 Å². The second kappa shape index (κ2) is 9.73. The van der Waals surface area contributed by atoms with Gasteiger partial charge in [0.15, 0.2) is 6.61 Å². The molecule has 0 saturated heterocycles. The fraction of sp³-hybridized carbons (Fsp3) is 0.481. The number of aryl methyl sites for hydroxylation is 2. The highest BCUT2D eigenvalue weighted by Gasteiger charge is 2.46. The van der Waals surface area contributed by atoms with Gasteiger partial charge in [-0.3, -0.25) is 9.48 Å². The Kier molecular flexibility index (Phi) is 6.35. The Labute approximate surface area is 223 Å². The molecule has 2 N–H and O–H groups in total. The number of ether oxygens (including phenoxy) is 2. The average molecular weight is 543 g/mol. The predicted molar refractivity (Wildman–Crippen MR) is 135 cm³/mol. The molecular formula is C27H29F3N6O3. The number of amides is 1. The molecule has 6 rings (SSSR count). The standard InChI is InChI=1S/C27H29F3N6O3/c1-38-25-31-10-7-22(33-25)32-14-21-23-20(35-36(21)11-8-16-2-3-16)13-26(34-24(23)37)9-6-17-12-18(4-5-19(17)26)39-15-27(28,29)30/h4-5,7,10,12,16H,2-3,6,8-9,11,13-15H2,1H3,(H,34,37)(H,31,32,33)/t26-/m0/s1. The van der Waals surface area contributed by atoms with Crippen LogP contribution in [0, 0.1) is 5.92 Å². The Hall–Kier alpha value is -3.83. The van der Waals surface area contributed by atoms with E-state index in [1.54, 1.807) is 30.5 Å². The molecule has 0 unspecified atom stereocenters. The normalized spacial score (nSPS) is 19.9. The summed E-state index contributed by atoms with van der Waals surface area (Å²) < 4.78 is 49.8. The molecule has 0 bridgehead atoms. The van der Waals surface area contributed by atoms with E-state index in [0.29, 0.717) is 43.1 Å². The fourth-order valence-corrected chi connectivity index (χ4v) is 5.63. The third-order valence-electron chi connectivity index (χ3n) is 7.69. The van der Waals surface area contributed by atoms with Crippen LogP contribution in [0.5, 0.6) is 11.8 Å². The zero-order valence-electron chi connectivity index (χ0n) is 21.5. The Balaban J connectivity index is 1.27. The summed E-state index contributed by atoms with van der Waals surface area (Å²) in [5, 5.41) is 11.4. The molecule has 1 amide bonds. The van der Waals surface area contributed by atoms with Gasteiger partial charge in [0, 0.05) is 19.2 Å². The number of carbonyl (C=O) groups excluding carboxylic acids is 1. The number of rotatable bonds is 9. The van der Waals surface area contributed by atoms with Gasteiger partial charge in [0.25, 0.3) is 5.91 Å².